The van der Waals surface area contributed by atoms with E-state index in [0.29, 0.717) is 5.92 Å². The SMILES string of the molecule is CCn1ncc(OC)c1C1CCCNC1. The number of methoxy groups -OCH3 is 1. The normalized spacial score (nSPS) is 21.6. The van der Waals surface area contributed by atoms with E-state index in [-0.39, 0.29) is 0 Å². The molecule has 0 saturated carbocycles. The number of rotatable bonds is 3. The summed E-state index contributed by atoms with van der Waals surface area (Å²) in [7, 11) is 1.72. The fourth-order valence-electron chi connectivity index (χ4n) is 2.28. The lowest BCUT2D eigenvalue weighted by molar-refractivity contribution is 0.382. The van der Waals surface area contributed by atoms with Gasteiger partial charge in [-0.1, -0.05) is 0 Å². The molecule has 2 heterocycles. The van der Waals surface area contributed by atoms with Crippen molar-refractivity contribution in [1.82, 2.24) is 15.1 Å². The van der Waals surface area contributed by atoms with Crippen LogP contribution >= 0.6 is 0 Å². The van der Waals surface area contributed by atoms with Crippen LogP contribution < -0.4 is 10.1 Å². The molecule has 15 heavy (non-hydrogen) atoms. The van der Waals surface area contributed by atoms with Gasteiger partial charge in [-0.25, -0.2) is 0 Å². The Kier molecular flexibility index (Phi) is 3.26. The van der Waals surface area contributed by atoms with Crippen LogP contribution in [0.15, 0.2) is 6.20 Å². The zero-order chi connectivity index (χ0) is 10.7. The molecule has 1 N–H and O–H groups in total. The van der Waals surface area contributed by atoms with E-state index in [4.69, 9.17) is 4.74 Å². The molecule has 84 valence electrons. The van der Waals surface area contributed by atoms with Crippen molar-refractivity contribution in [3.8, 4) is 5.75 Å². The maximum Gasteiger partial charge on any atom is 0.160 e. The van der Waals surface area contributed by atoms with E-state index in [1.54, 1.807) is 7.11 Å². The molecule has 1 aliphatic rings. The summed E-state index contributed by atoms with van der Waals surface area (Å²) in [4.78, 5) is 0. The summed E-state index contributed by atoms with van der Waals surface area (Å²) in [6.07, 6.45) is 4.30. The number of nitrogens with one attached hydrogen (secondary N) is 1. The van der Waals surface area contributed by atoms with E-state index < -0.39 is 0 Å². The monoisotopic (exact) mass is 209 g/mol. The third-order valence-corrected chi connectivity index (χ3v) is 3.05. The summed E-state index contributed by atoms with van der Waals surface area (Å²) in [5.41, 5.74) is 1.26. The van der Waals surface area contributed by atoms with Crippen molar-refractivity contribution in [2.45, 2.75) is 32.2 Å². The second kappa shape index (κ2) is 4.66. The van der Waals surface area contributed by atoms with Crippen LogP contribution in [0.5, 0.6) is 5.75 Å². The molecule has 1 saturated heterocycles. The van der Waals surface area contributed by atoms with Gasteiger partial charge in [-0.15, -0.1) is 0 Å². The van der Waals surface area contributed by atoms with E-state index in [2.05, 4.69) is 22.0 Å². The lowest BCUT2D eigenvalue weighted by Crippen LogP contribution is -2.29. The number of aromatic nitrogens is 2. The summed E-state index contributed by atoms with van der Waals surface area (Å²) in [5, 5.41) is 7.77. The van der Waals surface area contributed by atoms with Gasteiger partial charge in [0.05, 0.1) is 19.0 Å². The van der Waals surface area contributed by atoms with E-state index >= 15 is 0 Å². The average molecular weight is 209 g/mol. The highest BCUT2D eigenvalue weighted by Gasteiger charge is 2.23. The molecule has 1 aliphatic heterocycles. The van der Waals surface area contributed by atoms with Gasteiger partial charge in [0, 0.05) is 19.0 Å². The van der Waals surface area contributed by atoms with E-state index in [1.807, 2.05) is 6.20 Å². The molecule has 4 nitrogen and oxygen atoms in total. The van der Waals surface area contributed by atoms with Crippen LogP contribution in [0.25, 0.3) is 0 Å². The molecule has 1 aromatic rings. The highest BCUT2D eigenvalue weighted by Crippen LogP contribution is 2.30. The van der Waals surface area contributed by atoms with Crippen LogP contribution in [0.4, 0.5) is 0 Å². The van der Waals surface area contributed by atoms with Crippen molar-refractivity contribution in [2.75, 3.05) is 20.2 Å². The summed E-state index contributed by atoms with van der Waals surface area (Å²) in [6, 6.07) is 0. The molecular formula is C11H19N3O. The molecule has 1 fully saturated rings. The predicted octanol–water partition coefficient (Wildman–Crippen LogP) is 1.38. The molecule has 4 heteroatoms. The maximum absolute atomic E-state index is 5.37. The van der Waals surface area contributed by atoms with E-state index in [9.17, 15) is 0 Å². The zero-order valence-corrected chi connectivity index (χ0v) is 9.49. The van der Waals surface area contributed by atoms with Crippen molar-refractivity contribution >= 4 is 0 Å². The van der Waals surface area contributed by atoms with Crippen LogP contribution in [0.2, 0.25) is 0 Å². The second-order valence-electron chi connectivity index (χ2n) is 3.96. The van der Waals surface area contributed by atoms with Gasteiger partial charge in [-0.2, -0.15) is 5.10 Å². The minimum atomic E-state index is 0.552. The van der Waals surface area contributed by atoms with Crippen LogP contribution in [0, 0.1) is 0 Å². The van der Waals surface area contributed by atoms with Crippen LogP contribution in [0.1, 0.15) is 31.4 Å². The van der Waals surface area contributed by atoms with Crippen LogP contribution in [0.3, 0.4) is 0 Å². The Morgan fingerprint density at radius 1 is 1.67 bits per heavy atom. The lowest BCUT2D eigenvalue weighted by Gasteiger charge is -2.24. The van der Waals surface area contributed by atoms with Crippen molar-refractivity contribution in [2.24, 2.45) is 0 Å². The average Bonchev–Trinajstić information content (AvgIpc) is 2.72. The number of piperidine rings is 1. The van der Waals surface area contributed by atoms with Crippen LogP contribution in [-0.2, 0) is 6.54 Å². The molecule has 0 spiro atoms. The minimum absolute atomic E-state index is 0.552. The Morgan fingerprint density at radius 2 is 2.53 bits per heavy atom. The zero-order valence-electron chi connectivity index (χ0n) is 9.49. The van der Waals surface area contributed by atoms with E-state index in [1.165, 1.54) is 18.5 Å². The van der Waals surface area contributed by atoms with Crippen molar-refractivity contribution in [1.29, 1.82) is 0 Å². The fraction of sp³-hybridized carbons (Fsp3) is 0.727. The Labute approximate surface area is 90.6 Å². The first-order valence-corrected chi connectivity index (χ1v) is 5.67. The van der Waals surface area contributed by atoms with Gasteiger partial charge in [-0.05, 0) is 26.3 Å². The summed E-state index contributed by atoms with van der Waals surface area (Å²) < 4.78 is 7.42. The predicted molar refractivity (Wildman–Crippen MR) is 59.3 cm³/mol. The molecule has 0 aromatic carbocycles. The Bertz CT molecular complexity index is 294. The highest BCUT2D eigenvalue weighted by atomic mass is 16.5. The number of ether oxygens (including phenoxy) is 1. The smallest absolute Gasteiger partial charge is 0.160 e. The number of hydrogen-bond acceptors (Lipinski definition) is 3. The number of nitrogens with zero attached hydrogens (tertiary/aromatic N) is 2. The summed E-state index contributed by atoms with van der Waals surface area (Å²) in [6.45, 7) is 5.21. The summed E-state index contributed by atoms with van der Waals surface area (Å²) in [5.74, 6) is 1.49. The molecule has 0 radical (unpaired) electrons. The first-order valence-electron chi connectivity index (χ1n) is 5.67. The lowest BCUT2D eigenvalue weighted by atomic mass is 9.95. The van der Waals surface area contributed by atoms with Gasteiger partial charge < -0.3 is 10.1 Å². The third-order valence-electron chi connectivity index (χ3n) is 3.05. The Morgan fingerprint density at radius 3 is 3.13 bits per heavy atom. The second-order valence-corrected chi connectivity index (χ2v) is 3.96. The minimum Gasteiger partial charge on any atom is -0.493 e. The molecule has 2 rings (SSSR count). The van der Waals surface area contributed by atoms with Crippen LogP contribution in [-0.4, -0.2) is 30.0 Å². The Balaban J connectivity index is 2.26. The van der Waals surface area contributed by atoms with Gasteiger partial charge in [0.1, 0.15) is 0 Å². The van der Waals surface area contributed by atoms with Crippen molar-refractivity contribution in [3.63, 3.8) is 0 Å². The van der Waals surface area contributed by atoms with Gasteiger partial charge in [0.25, 0.3) is 0 Å². The first kappa shape index (κ1) is 10.5. The molecule has 0 aliphatic carbocycles. The largest absolute Gasteiger partial charge is 0.493 e. The molecule has 1 unspecified atom stereocenters. The fourth-order valence-corrected chi connectivity index (χ4v) is 2.28. The first-order chi connectivity index (χ1) is 7.36. The van der Waals surface area contributed by atoms with Crippen molar-refractivity contribution in [3.05, 3.63) is 11.9 Å². The van der Waals surface area contributed by atoms with Gasteiger partial charge in [-0.3, -0.25) is 4.68 Å². The molecule has 1 atom stereocenters. The standard InChI is InChI=1S/C11H19N3O/c1-3-14-11(10(15-2)8-13-14)9-5-4-6-12-7-9/h8-9,12H,3-7H2,1-2H3. The van der Waals surface area contributed by atoms with E-state index in [0.717, 1.165) is 25.4 Å². The molecule has 1 aromatic heterocycles. The highest BCUT2D eigenvalue weighted by molar-refractivity contribution is 5.29. The number of aryl methyl sites for hydroxylation is 1. The summed E-state index contributed by atoms with van der Waals surface area (Å²) >= 11 is 0. The van der Waals surface area contributed by atoms with Gasteiger partial charge in [0.2, 0.25) is 0 Å². The maximum atomic E-state index is 5.37. The topological polar surface area (TPSA) is 39.1 Å². The van der Waals surface area contributed by atoms with Gasteiger partial charge in [0.15, 0.2) is 5.75 Å². The van der Waals surface area contributed by atoms with Crippen molar-refractivity contribution < 1.29 is 4.74 Å². The molecular weight excluding hydrogens is 190 g/mol. The number of hydrogen-bond donors (Lipinski definition) is 1. The quantitative estimate of drug-likeness (QED) is 0.817. The molecule has 0 amide bonds. The Hall–Kier alpha value is -1.03. The van der Waals surface area contributed by atoms with Gasteiger partial charge >= 0.3 is 0 Å². The third kappa shape index (κ3) is 2.00. The molecule has 0 bridgehead atoms.